The highest BCUT2D eigenvalue weighted by Crippen LogP contribution is 2.33. The van der Waals surface area contributed by atoms with Crippen LogP contribution in [-0.2, 0) is 15.1 Å². The van der Waals surface area contributed by atoms with Crippen LogP contribution in [-0.4, -0.2) is 47.8 Å². The van der Waals surface area contributed by atoms with Gasteiger partial charge < -0.3 is 14.3 Å². The van der Waals surface area contributed by atoms with Gasteiger partial charge in [0.1, 0.15) is 6.54 Å². The third-order valence-electron chi connectivity index (χ3n) is 5.92. The fraction of sp³-hybridized carbons (Fsp3) is 0.650. The molecule has 2 unspecified atom stereocenters. The van der Waals surface area contributed by atoms with Gasteiger partial charge in [-0.25, -0.2) is 4.79 Å². The van der Waals surface area contributed by atoms with Crippen molar-refractivity contribution in [1.82, 2.24) is 0 Å². The number of hydrogen-bond donors (Lipinski definition) is 1. The van der Waals surface area contributed by atoms with Crippen LogP contribution < -0.4 is 0 Å². The molecule has 2 atom stereocenters. The van der Waals surface area contributed by atoms with Crippen LogP contribution in [0.4, 0.5) is 0 Å². The van der Waals surface area contributed by atoms with Crippen molar-refractivity contribution in [3.05, 3.63) is 35.9 Å². The Labute approximate surface area is 145 Å². The summed E-state index contributed by atoms with van der Waals surface area (Å²) in [4.78, 5) is 12.9. The zero-order valence-electron chi connectivity index (χ0n) is 14.9. The lowest BCUT2D eigenvalue weighted by atomic mass is 9.83. The first-order valence-corrected chi connectivity index (χ1v) is 9.30. The van der Waals surface area contributed by atoms with Crippen LogP contribution in [0.2, 0.25) is 0 Å². The van der Waals surface area contributed by atoms with Crippen molar-refractivity contribution in [3.8, 4) is 0 Å². The molecule has 4 nitrogen and oxygen atoms in total. The van der Waals surface area contributed by atoms with E-state index < -0.39 is 11.6 Å². The average Bonchev–Trinajstić information content (AvgIpc) is 2.97. The minimum atomic E-state index is -1.57. The van der Waals surface area contributed by atoms with Gasteiger partial charge in [-0.05, 0) is 30.7 Å². The Bertz CT molecular complexity index is 566. The molecule has 4 heteroatoms. The van der Waals surface area contributed by atoms with Gasteiger partial charge in [-0.3, -0.25) is 0 Å². The molecule has 1 N–H and O–H groups in total. The Balaban J connectivity index is 1.71. The highest BCUT2D eigenvalue weighted by atomic mass is 16.6. The van der Waals surface area contributed by atoms with E-state index >= 15 is 0 Å². The summed E-state index contributed by atoms with van der Waals surface area (Å²) in [5.74, 6) is -0.738. The Morgan fingerprint density at radius 2 is 1.83 bits per heavy atom. The van der Waals surface area contributed by atoms with E-state index in [0.717, 1.165) is 24.0 Å². The molecule has 2 aliphatic heterocycles. The van der Waals surface area contributed by atoms with Crippen molar-refractivity contribution in [2.24, 2.45) is 5.92 Å². The normalized spacial score (nSPS) is 25.6. The number of quaternary nitrogens is 1. The molecule has 0 aliphatic carbocycles. The number of rotatable bonds is 4. The first kappa shape index (κ1) is 17.4. The SMILES string of the molecule is CC(C)C(O)(C(=O)OC1CC[N+]2(CCCCC2)C1)c1ccccc1. The minimum Gasteiger partial charge on any atom is -0.454 e. The summed E-state index contributed by atoms with van der Waals surface area (Å²) in [5, 5.41) is 11.1. The summed E-state index contributed by atoms with van der Waals surface area (Å²) in [5.41, 5.74) is -0.957. The zero-order valence-corrected chi connectivity index (χ0v) is 14.9. The molecule has 0 amide bonds. The number of nitrogens with zero attached hydrogens (tertiary/aromatic N) is 1. The topological polar surface area (TPSA) is 46.5 Å². The molecule has 2 aliphatic rings. The lowest BCUT2D eigenvalue weighted by Crippen LogP contribution is -2.50. The van der Waals surface area contributed by atoms with E-state index in [9.17, 15) is 9.90 Å². The number of esters is 1. The van der Waals surface area contributed by atoms with Crippen molar-refractivity contribution in [2.45, 2.75) is 51.2 Å². The third kappa shape index (κ3) is 3.22. The Morgan fingerprint density at radius 1 is 1.17 bits per heavy atom. The molecular formula is C20H30NO3+. The summed E-state index contributed by atoms with van der Waals surface area (Å²) in [6.07, 6.45) is 4.73. The molecule has 1 spiro atoms. The van der Waals surface area contributed by atoms with Gasteiger partial charge in [0.05, 0.1) is 19.6 Å². The fourth-order valence-electron chi connectivity index (χ4n) is 4.34. The number of carbonyl (C=O) groups excluding carboxylic acids is 1. The Morgan fingerprint density at radius 3 is 2.46 bits per heavy atom. The van der Waals surface area contributed by atoms with E-state index in [2.05, 4.69) is 0 Å². The maximum absolute atomic E-state index is 12.9. The highest BCUT2D eigenvalue weighted by molar-refractivity contribution is 5.81. The number of piperidine rings is 1. The molecule has 0 saturated carbocycles. The monoisotopic (exact) mass is 332 g/mol. The third-order valence-corrected chi connectivity index (χ3v) is 5.92. The van der Waals surface area contributed by atoms with Gasteiger partial charge in [-0.2, -0.15) is 0 Å². The summed E-state index contributed by atoms with van der Waals surface area (Å²) >= 11 is 0. The first-order chi connectivity index (χ1) is 11.5. The predicted molar refractivity (Wildman–Crippen MR) is 93.3 cm³/mol. The molecule has 1 aromatic rings. The minimum absolute atomic E-state index is 0.0652. The number of aliphatic hydroxyl groups is 1. The summed E-state index contributed by atoms with van der Waals surface area (Å²) < 4.78 is 6.92. The van der Waals surface area contributed by atoms with Crippen molar-refractivity contribution in [3.63, 3.8) is 0 Å². The lowest BCUT2D eigenvalue weighted by Gasteiger charge is -2.38. The number of carbonyl (C=O) groups is 1. The van der Waals surface area contributed by atoms with Crippen LogP contribution >= 0.6 is 0 Å². The zero-order chi connectivity index (χ0) is 17.2. The summed E-state index contributed by atoms with van der Waals surface area (Å²) in [6.45, 7) is 8.16. The fourth-order valence-corrected chi connectivity index (χ4v) is 4.34. The molecule has 3 rings (SSSR count). The summed E-state index contributed by atoms with van der Waals surface area (Å²) in [7, 11) is 0. The van der Waals surface area contributed by atoms with Gasteiger partial charge in [0.25, 0.3) is 0 Å². The van der Waals surface area contributed by atoms with Crippen LogP contribution in [0.3, 0.4) is 0 Å². The second kappa shape index (κ2) is 6.85. The van der Waals surface area contributed by atoms with Gasteiger partial charge >= 0.3 is 5.97 Å². The molecule has 2 heterocycles. The van der Waals surface area contributed by atoms with Crippen molar-refractivity contribution < 1.29 is 19.1 Å². The molecule has 0 bridgehead atoms. The Kier molecular flexibility index (Phi) is 4.97. The smallest absolute Gasteiger partial charge is 0.343 e. The largest absolute Gasteiger partial charge is 0.454 e. The number of benzene rings is 1. The van der Waals surface area contributed by atoms with E-state index in [1.807, 2.05) is 32.0 Å². The van der Waals surface area contributed by atoms with Crippen molar-refractivity contribution in [1.29, 1.82) is 0 Å². The van der Waals surface area contributed by atoms with Gasteiger partial charge in [0.15, 0.2) is 11.7 Å². The molecule has 2 fully saturated rings. The molecular weight excluding hydrogens is 302 g/mol. The molecule has 1 aromatic carbocycles. The van der Waals surface area contributed by atoms with Crippen LogP contribution in [0.1, 0.15) is 45.1 Å². The molecule has 0 radical (unpaired) electrons. The van der Waals surface area contributed by atoms with Crippen LogP contribution in [0.5, 0.6) is 0 Å². The quantitative estimate of drug-likeness (QED) is 0.681. The van der Waals surface area contributed by atoms with E-state index in [0.29, 0.717) is 5.56 Å². The number of ether oxygens (including phenoxy) is 1. The van der Waals surface area contributed by atoms with Gasteiger partial charge in [0.2, 0.25) is 0 Å². The molecule has 2 saturated heterocycles. The van der Waals surface area contributed by atoms with Crippen LogP contribution in [0.25, 0.3) is 0 Å². The highest BCUT2D eigenvalue weighted by Gasteiger charge is 2.47. The standard InChI is InChI=1S/C20H30NO3/c1-16(2)20(23,17-9-5-3-6-10-17)19(22)24-18-11-14-21(15-18)12-7-4-8-13-21/h3,5-6,9-10,16,18,23H,4,7-8,11-15H2,1-2H3/q+1. The number of hydrogen-bond acceptors (Lipinski definition) is 3. The van der Waals surface area contributed by atoms with Crippen molar-refractivity contribution in [2.75, 3.05) is 26.2 Å². The van der Waals surface area contributed by atoms with Crippen molar-refractivity contribution >= 4 is 5.97 Å². The van der Waals surface area contributed by atoms with Crippen LogP contribution in [0.15, 0.2) is 30.3 Å². The average molecular weight is 332 g/mol. The van der Waals surface area contributed by atoms with Gasteiger partial charge in [0, 0.05) is 6.42 Å². The van der Waals surface area contributed by atoms with E-state index in [-0.39, 0.29) is 12.0 Å². The van der Waals surface area contributed by atoms with E-state index in [1.54, 1.807) is 12.1 Å². The van der Waals surface area contributed by atoms with E-state index in [1.165, 1.54) is 32.4 Å². The maximum atomic E-state index is 12.9. The molecule has 0 aromatic heterocycles. The summed E-state index contributed by atoms with van der Waals surface area (Å²) in [6, 6.07) is 9.18. The Hall–Kier alpha value is -1.39. The predicted octanol–water partition coefficient (Wildman–Crippen LogP) is 2.85. The molecule has 24 heavy (non-hydrogen) atoms. The maximum Gasteiger partial charge on any atom is 0.343 e. The second-order valence-corrected chi connectivity index (χ2v) is 7.86. The van der Waals surface area contributed by atoms with E-state index in [4.69, 9.17) is 4.74 Å². The van der Waals surface area contributed by atoms with Gasteiger partial charge in [-0.15, -0.1) is 0 Å². The molecule has 132 valence electrons. The lowest BCUT2D eigenvalue weighted by molar-refractivity contribution is -0.922. The van der Waals surface area contributed by atoms with Gasteiger partial charge in [-0.1, -0.05) is 44.2 Å². The van der Waals surface area contributed by atoms with Crippen LogP contribution in [0, 0.1) is 5.92 Å². The second-order valence-electron chi connectivity index (χ2n) is 7.86. The first-order valence-electron chi connectivity index (χ1n) is 9.30.